The molecule has 0 saturated heterocycles. The van der Waals surface area contributed by atoms with Gasteiger partial charge in [-0.05, 0) is 20.8 Å². The average molecular weight is 196 g/mol. The van der Waals surface area contributed by atoms with E-state index < -0.39 is 11.6 Å². The summed E-state index contributed by atoms with van der Waals surface area (Å²) in [5.74, 6) is -1.46. The third-order valence-corrected chi connectivity index (χ3v) is 2.17. The molecule has 0 fully saturated rings. The Labute approximate surface area is 82.4 Å². The lowest BCUT2D eigenvalue weighted by Gasteiger charge is -2.16. The van der Waals surface area contributed by atoms with Crippen molar-refractivity contribution in [2.24, 2.45) is 0 Å². The highest BCUT2D eigenvalue weighted by Crippen LogP contribution is 2.27. The van der Waals surface area contributed by atoms with Gasteiger partial charge in [-0.2, -0.15) is 0 Å². The summed E-state index contributed by atoms with van der Waals surface area (Å²) >= 11 is 0. The van der Waals surface area contributed by atoms with Crippen molar-refractivity contribution in [1.29, 1.82) is 0 Å². The number of carbonyl (C=O) groups is 1. The first-order valence-electron chi connectivity index (χ1n) is 4.35. The van der Waals surface area contributed by atoms with Gasteiger partial charge in [-0.3, -0.25) is 0 Å². The molecule has 1 unspecified atom stereocenters. The predicted molar refractivity (Wildman–Crippen MR) is 52.0 cm³/mol. The first-order valence-corrected chi connectivity index (χ1v) is 4.35. The number of carboxylic acid groups (broad SMARTS) is 1. The van der Waals surface area contributed by atoms with E-state index in [1.165, 1.54) is 0 Å². The number of benzene rings is 1. The van der Waals surface area contributed by atoms with Crippen LogP contribution in [0.1, 0.15) is 23.6 Å². The Balaban J connectivity index is 3.25. The van der Waals surface area contributed by atoms with Crippen molar-refractivity contribution in [1.82, 2.24) is 0 Å². The second-order valence-corrected chi connectivity index (χ2v) is 3.68. The molecule has 0 bridgehead atoms. The number of aliphatic carboxylic acids is 1. The summed E-state index contributed by atoms with van der Waals surface area (Å²) in [6, 6.07) is 4.99. The van der Waals surface area contributed by atoms with E-state index in [0.29, 0.717) is 0 Å². The van der Waals surface area contributed by atoms with Crippen LogP contribution in [0.5, 0.6) is 0 Å². The monoisotopic (exact) mass is 196 g/mol. The van der Waals surface area contributed by atoms with Crippen LogP contribution in [0.15, 0.2) is 18.2 Å². The van der Waals surface area contributed by atoms with Crippen LogP contribution < -0.4 is 0 Å². The molecular formula is C11H13FO2. The van der Waals surface area contributed by atoms with Gasteiger partial charge in [-0.15, -0.1) is 0 Å². The maximum absolute atomic E-state index is 13.7. The summed E-state index contributed by atoms with van der Waals surface area (Å²) in [6.45, 7) is 4.69. The number of halogens is 1. The zero-order valence-electron chi connectivity index (χ0n) is 8.47. The van der Waals surface area contributed by atoms with E-state index in [1.54, 1.807) is 12.1 Å². The van der Waals surface area contributed by atoms with Gasteiger partial charge in [-0.25, -0.2) is 9.18 Å². The predicted octanol–water partition coefficient (Wildman–Crippen LogP) is 2.57. The maximum atomic E-state index is 13.7. The van der Waals surface area contributed by atoms with Crippen molar-refractivity contribution in [2.75, 3.05) is 0 Å². The van der Waals surface area contributed by atoms with Gasteiger partial charge >= 0.3 is 5.97 Å². The Bertz CT molecular complexity index is 349. The van der Waals surface area contributed by atoms with E-state index >= 15 is 0 Å². The van der Waals surface area contributed by atoms with Gasteiger partial charge in [0.2, 0.25) is 5.67 Å². The van der Waals surface area contributed by atoms with Crippen LogP contribution in [-0.2, 0) is 10.5 Å². The molecule has 0 aromatic heterocycles. The molecule has 0 spiro atoms. The first kappa shape index (κ1) is 10.7. The molecule has 1 atom stereocenters. The SMILES string of the molecule is Cc1cc(C)cc(C(C)(F)C(=O)O)c1. The van der Waals surface area contributed by atoms with Gasteiger partial charge < -0.3 is 5.11 Å². The fourth-order valence-electron chi connectivity index (χ4n) is 1.37. The Morgan fingerprint density at radius 3 is 2.07 bits per heavy atom. The minimum Gasteiger partial charge on any atom is -0.479 e. The van der Waals surface area contributed by atoms with Gasteiger partial charge in [0.15, 0.2) is 0 Å². The summed E-state index contributed by atoms with van der Waals surface area (Å²) in [4.78, 5) is 10.7. The van der Waals surface area contributed by atoms with Crippen LogP contribution in [0.4, 0.5) is 4.39 Å². The Kier molecular flexibility index (Phi) is 2.60. The van der Waals surface area contributed by atoms with Crippen LogP contribution >= 0.6 is 0 Å². The van der Waals surface area contributed by atoms with Gasteiger partial charge in [0, 0.05) is 5.56 Å². The summed E-state index contributed by atoms with van der Waals surface area (Å²) in [5.41, 5.74) is -0.380. The zero-order chi connectivity index (χ0) is 10.9. The van der Waals surface area contributed by atoms with Crippen molar-refractivity contribution < 1.29 is 14.3 Å². The van der Waals surface area contributed by atoms with Crippen molar-refractivity contribution >= 4 is 5.97 Å². The smallest absolute Gasteiger partial charge is 0.345 e. The highest BCUT2D eigenvalue weighted by Gasteiger charge is 2.35. The summed E-state index contributed by atoms with van der Waals surface area (Å²) in [7, 11) is 0. The van der Waals surface area contributed by atoms with Crippen LogP contribution in [0.2, 0.25) is 0 Å². The van der Waals surface area contributed by atoms with Crippen LogP contribution in [0.3, 0.4) is 0 Å². The zero-order valence-corrected chi connectivity index (χ0v) is 8.47. The second-order valence-electron chi connectivity index (χ2n) is 3.68. The lowest BCUT2D eigenvalue weighted by Crippen LogP contribution is -2.27. The number of aryl methyl sites for hydroxylation is 2. The molecule has 76 valence electrons. The maximum Gasteiger partial charge on any atom is 0.345 e. The van der Waals surface area contributed by atoms with E-state index in [-0.39, 0.29) is 5.56 Å². The van der Waals surface area contributed by atoms with Crippen LogP contribution in [0, 0.1) is 13.8 Å². The fraction of sp³-hybridized carbons (Fsp3) is 0.364. The molecule has 0 amide bonds. The Hall–Kier alpha value is -1.38. The minimum absolute atomic E-state index is 0.197. The third-order valence-electron chi connectivity index (χ3n) is 2.17. The molecule has 2 nitrogen and oxygen atoms in total. The van der Waals surface area contributed by atoms with Gasteiger partial charge in [0.25, 0.3) is 0 Å². The normalized spacial score (nSPS) is 14.9. The quantitative estimate of drug-likeness (QED) is 0.789. The Morgan fingerprint density at radius 1 is 1.29 bits per heavy atom. The van der Waals surface area contributed by atoms with E-state index in [9.17, 15) is 9.18 Å². The molecule has 0 radical (unpaired) electrons. The number of rotatable bonds is 2. The van der Waals surface area contributed by atoms with Gasteiger partial charge in [-0.1, -0.05) is 29.3 Å². The number of hydrogen-bond acceptors (Lipinski definition) is 1. The largest absolute Gasteiger partial charge is 0.479 e. The molecule has 3 heteroatoms. The molecule has 0 aliphatic heterocycles. The van der Waals surface area contributed by atoms with Crippen LogP contribution in [0.25, 0.3) is 0 Å². The lowest BCUT2D eigenvalue weighted by molar-refractivity contribution is -0.150. The fourth-order valence-corrected chi connectivity index (χ4v) is 1.37. The lowest BCUT2D eigenvalue weighted by atomic mass is 9.95. The molecule has 1 N–H and O–H groups in total. The third kappa shape index (κ3) is 1.92. The van der Waals surface area contributed by atoms with Gasteiger partial charge in [0.05, 0.1) is 0 Å². The summed E-state index contributed by atoms with van der Waals surface area (Å²) < 4.78 is 13.7. The molecule has 1 aromatic rings. The second kappa shape index (κ2) is 3.40. The van der Waals surface area contributed by atoms with E-state index in [4.69, 9.17) is 5.11 Å². The van der Waals surface area contributed by atoms with Crippen molar-refractivity contribution in [2.45, 2.75) is 26.4 Å². The van der Waals surface area contributed by atoms with Crippen LogP contribution in [-0.4, -0.2) is 11.1 Å². The topological polar surface area (TPSA) is 37.3 Å². The molecule has 0 saturated carbocycles. The molecule has 0 aliphatic carbocycles. The summed E-state index contributed by atoms with van der Waals surface area (Å²) in [6.07, 6.45) is 0. The number of carboxylic acids is 1. The number of hydrogen-bond donors (Lipinski definition) is 1. The Morgan fingerprint density at radius 2 is 1.71 bits per heavy atom. The molecule has 14 heavy (non-hydrogen) atoms. The first-order chi connectivity index (χ1) is 6.34. The van der Waals surface area contributed by atoms with Crippen molar-refractivity contribution in [3.63, 3.8) is 0 Å². The van der Waals surface area contributed by atoms with E-state index in [0.717, 1.165) is 18.1 Å². The molecular weight excluding hydrogens is 183 g/mol. The standard InChI is InChI=1S/C11H13FO2/c1-7-4-8(2)6-9(5-7)11(3,12)10(13)14/h4-6H,1-3H3,(H,13,14). The average Bonchev–Trinajstić information content (AvgIpc) is 2.01. The highest BCUT2D eigenvalue weighted by atomic mass is 19.1. The van der Waals surface area contributed by atoms with Crippen molar-refractivity contribution in [3.05, 3.63) is 34.9 Å². The molecule has 0 heterocycles. The molecule has 1 rings (SSSR count). The minimum atomic E-state index is -2.31. The summed E-state index contributed by atoms with van der Waals surface area (Å²) in [5, 5.41) is 8.70. The molecule has 0 aliphatic rings. The number of alkyl halides is 1. The van der Waals surface area contributed by atoms with Gasteiger partial charge in [0.1, 0.15) is 0 Å². The van der Waals surface area contributed by atoms with E-state index in [1.807, 2.05) is 19.9 Å². The van der Waals surface area contributed by atoms with E-state index in [2.05, 4.69) is 0 Å². The van der Waals surface area contributed by atoms with Crippen molar-refractivity contribution in [3.8, 4) is 0 Å². The highest BCUT2D eigenvalue weighted by molar-refractivity contribution is 5.78. The molecule has 1 aromatic carbocycles.